The molecule has 1 rings (SSSR count). The first-order chi connectivity index (χ1) is 21.1. The summed E-state index contributed by atoms with van der Waals surface area (Å²) < 4.78 is 0. The number of carbonyl (C=O) groups is 4. The molecule has 4 N–H and O–H groups in total. The minimum absolute atomic E-state index is 0.00882. The zero-order chi connectivity index (χ0) is 32.7. The van der Waals surface area contributed by atoms with Crippen molar-refractivity contribution in [3.05, 3.63) is 41.0 Å². The number of halogens is 2. The zero-order valence-corrected chi connectivity index (χ0v) is 27.9. The average Bonchev–Trinajstić information content (AvgIpc) is 2.99. The van der Waals surface area contributed by atoms with Gasteiger partial charge >= 0.3 is 11.9 Å². The summed E-state index contributed by atoms with van der Waals surface area (Å²) in [5.74, 6) is -2.79. The van der Waals surface area contributed by atoms with E-state index in [0.29, 0.717) is 37.0 Å². The largest absolute Gasteiger partial charge is 0.480 e. The molecule has 0 heterocycles. The van der Waals surface area contributed by atoms with E-state index in [1.807, 2.05) is 17.0 Å². The van der Waals surface area contributed by atoms with E-state index < -0.39 is 23.9 Å². The zero-order valence-electron chi connectivity index (χ0n) is 26.3. The van der Waals surface area contributed by atoms with Crippen LogP contribution in [0.1, 0.15) is 96.5 Å². The van der Waals surface area contributed by atoms with Crippen molar-refractivity contribution in [3.63, 3.8) is 0 Å². The number of nitrogens with one attached hydrogen (secondary N) is 2. The molecular weight excluding hydrogens is 605 g/mol. The highest BCUT2D eigenvalue weighted by atomic mass is 35.5. The van der Waals surface area contributed by atoms with Crippen LogP contribution in [0.15, 0.2) is 35.4 Å². The molecule has 0 aliphatic carbocycles. The predicted octanol–water partition coefficient (Wildman–Crippen LogP) is 6.30. The normalized spacial score (nSPS) is 12.3. The van der Waals surface area contributed by atoms with E-state index >= 15 is 0 Å². The summed E-state index contributed by atoms with van der Waals surface area (Å²) in [6.45, 7) is 5.23. The molecule has 0 aliphatic rings. The third-order valence-electron chi connectivity index (χ3n) is 7.56. The molecule has 44 heavy (non-hydrogen) atoms. The fraction of sp³-hybridized carbons (Fsp3) is 0.636. The summed E-state index contributed by atoms with van der Waals surface area (Å²) in [6.07, 6.45) is 11.7. The Balaban J connectivity index is 2.64. The molecule has 248 valence electrons. The molecule has 0 radical (unpaired) electrons. The summed E-state index contributed by atoms with van der Waals surface area (Å²) in [6, 6.07) is 5.92. The Morgan fingerprint density at radius 1 is 0.818 bits per heavy atom. The highest BCUT2D eigenvalue weighted by Crippen LogP contribution is 2.18. The van der Waals surface area contributed by atoms with Crippen LogP contribution in [-0.4, -0.2) is 71.4 Å². The first-order valence-electron chi connectivity index (χ1n) is 15.8. The lowest BCUT2D eigenvalue weighted by atomic mass is 10.0. The minimum Gasteiger partial charge on any atom is -0.480 e. The van der Waals surface area contributed by atoms with Gasteiger partial charge in [0.25, 0.3) is 0 Å². The standard InChI is InChI=1S/C33H51Cl2N3O6/c1-3-4-5-6-7-8-9-10-11-12-21-36-30(39)18-17-28(25(2)32(41)42)31(40)37-29(33(43)44)24-26-13-15-27(16-14-26)38(22-19-34)23-20-35/h13-16,29H,3-12,17-24H2,1-2H3,(H,36,39)(H,37,40)(H,41,42)(H,43,44)/b28-25-/t29-/m1/s1. The molecule has 0 aliphatic heterocycles. The first-order valence-corrected chi connectivity index (χ1v) is 16.9. The Morgan fingerprint density at radius 2 is 1.36 bits per heavy atom. The van der Waals surface area contributed by atoms with Crippen molar-refractivity contribution in [1.29, 1.82) is 0 Å². The van der Waals surface area contributed by atoms with Gasteiger partial charge in [0, 0.05) is 61.1 Å². The van der Waals surface area contributed by atoms with Crippen molar-refractivity contribution in [2.75, 3.05) is 36.3 Å². The molecular formula is C33H51Cl2N3O6. The highest BCUT2D eigenvalue weighted by Gasteiger charge is 2.25. The minimum atomic E-state index is -1.30. The number of nitrogens with zero attached hydrogens (tertiary/aromatic N) is 1. The Kier molecular flexibility index (Phi) is 21.0. The average molecular weight is 657 g/mol. The van der Waals surface area contributed by atoms with Crippen LogP contribution >= 0.6 is 23.2 Å². The van der Waals surface area contributed by atoms with Gasteiger partial charge in [-0.2, -0.15) is 0 Å². The fourth-order valence-corrected chi connectivity index (χ4v) is 5.27. The van der Waals surface area contributed by atoms with Crippen LogP contribution in [0.4, 0.5) is 5.69 Å². The van der Waals surface area contributed by atoms with Gasteiger partial charge in [-0.25, -0.2) is 9.59 Å². The number of carboxylic acids is 2. The number of carboxylic acid groups (broad SMARTS) is 2. The maximum atomic E-state index is 13.1. The van der Waals surface area contributed by atoms with Crippen molar-refractivity contribution in [2.24, 2.45) is 0 Å². The monoisotopic (exact) mass is 655 g/mol. The third-order valence-corrected chi connectivity index (χ3v) is 7.89. The summed E-state index contributed by atoms with van der Waals surface area (Å²) in [5.41, 5.74) is 1.22. The molecule has 11 heteroatoms. The number of hydrogen-bond donors (Lipinski definition) is 4. The van der Waals surface area contributed by atoms with Gasteiger partial charge in [0.1, 0.15) is 6.04 Å². The van der Waals surface area contributed by atoms with E-state index in [0.717, 1.165) is 24.9 Å². The maximum absolute atomic E-state index is 13.1. The number of unbranched alkanes of at least 4 members (excludes halogenated alkanes) is 9. The van der Waals surface area contributed by atoms with E-state index in [1.165, 1.54) is 51.9 Å². The number of benzene rings is 1. The Labute approximate surface area is 272 Å². The van der Waals surface area contributed by atoms with Gasteiger partial charge in [0.2, 0.25) is 11.8 Å². The smallest absolute Gasteiger partial charge is 0.331 e. The van der Waals surface area contributed by atoms with Crippen molar-refractivity contribution >= 4 is 52.6 Å². The third kappa shape index (κ3) is 16.3. The lowest BCUT2D eigenvalue weighted by Gasteiger charge is -2.23. The van der Waals surface area contributed by atoms with Crippen molar-refractivity contribution in [1.82, 2.24) is 10.6 Å². The summed E-state index contributed by atoms with van der Waals surface area (Å²) in [7, 11) is 0. The second-order valence-corrected chi connectivity index (χ2v) is 11.8. The summed E-state index contributed by atoms with van der Waals surface area (Å²) in [5, 5.41) is 24.6. The maximum Gasteiger partial charge on any atom is 0.331 e. The number of rotatable bonds is 25. The Morgan fingerprint density at radius 3 is 1.86 bits per heavy atom. The highest BCUT2D eigenvalue weighted by molar-refractivity contribution is 6.18. The number of amides is 2. The molecule has 9 nitrogen and oxygen atoms in total. The molecule has 0 spiro atoms. The molecule has 0 bridgehead atoms. The lowest BCUT2D eigenvalue weighted by molar-refractivity contribution is -0.141. The fourth-order valence-electron chi connectivity index (χ4n) is 4.87. The number of alkyl halides is 2. The lowest BCUT2D eigenvalue weighted by Crippen LogP contribution is -2.43. The van der Waals surface area contributed by atoms with Crippen LogP contribution in [0, 0.1) is 0 Å². The molecule has 0 fully saturated rings. The quantitative estimate of drug-likeness (QED) is 0.0551. The van der Waals surface area contributed by atoms with Crippen LogP contribution in [0.2, 0.25) is 0 Å². The topological polar surface area (TPSA) is 136 Å². The molecule has 0 aromatic heterocycles. The van der Waals surface area contributed by atoms with Crippen LogP contribution in [0.3, 0.4) is 0 Å². The van der Waals surface area contributed by atoms with Crippen LogP contribution in [-0.2, 0) is 25.6 Å². The molecule has 0 saturated carbocycles. The van der Waals surface area contributed by atoms with Crippen molar-refractivity contribution in [3.8, 4) is 0 Å². The molecule has 0 saturated heterocycles. The van der Waals surface area contributed by atoms with Crippen molar-refractivity contribution < 1.29 is 29.4 Å². The summed E-state index contributed by atoms with van der Waals surface area (Å²) in [4.78, 5) is 51.2. The Hall–Kier alpha value is -2.78. The van der Waals surface area contributed by atoms with Gasteiger partial charge in [0.05, 0.1) is 0 Å². The van der Waals surface area contributed by atoms with E-state index in [4.69, 9.17) is 23.2 Å². The second-order valence-electron chi connectivity index (χ2n) is 11.0. The SMILES string of the molecule is CCCCCCCCCCCCNC(=O)CC/C(C(=O)N[C@H](Cc1ccc(N(CCCl)CCCl)cc1)C(=O)O)=C(\C)C(=O)O. The van der Waals surface area contributed by atoms with E-state index in [1.54, 1.807) is 12.1 Å². The van der Waals surface area contributed by atoms with Gasteiger partial charge in [-0.3, -0.25) is 9.59 Å². The molecule has 1 aromatic rings. The predicted molar refractivity (Wildman–Crippen MR) is 178 cm³/mol. The molecule has 1 aromatic carbocycles. The molecule has 1 atom stereocenters. The summed E-state index contributed by atoms with van der Waals surface area (Å²) >= 11 is 11.8. The number of carbonyl (C=O) groups excluding carboxylic acids is 2. The van der Waals surface area contributed by atoms with E-state index in [9.17, 15) is 29.4 Å². The molecule has 2 amide bonds. The van der Waals surface area contributed by atoms with Crippen molar-refractivity contribution in [2.45, 2.75) is 103 Å². The Bertz CT molecular complexity index is 1040. The van der Waals surface area contributed by atoms with Gasteiger partial charge in [-0.15, -0.1) is 23.2 Å². The van der Waals surface area contributed by atoms with Crippen LogP contribution in [0.5, 0.6) is 0 Å². The van der Waals surface area contributed by atoms with Gasteiger partial charge in [0.15, 0.2) is 0 Å². The number of hydrogen-bond acceptors (Lipinski definition) is 5. The van der Waals surface area contributed by atoms with Crippen LogP contribution < -0.4 is 15.5 Å². The number of anilines is 1. The number of aliphatic carboxylic acids is 2. The first kappa shape index (κ1) is 39.2. The van der Waals surface area contributed by atoms with Gasteiger partial charge in [-0.1, -0.05) is 76.8 Å². The molecule has 0 unspecified atom stereocenters. The van der Waals surface area contributed by atoms with E-state index in [-0.39, 0.29) is 36.3 Å². The van der Waals surface area contributed by atoms with E-state index in [2.05, 4.69) is 17.6 Å². The van der Waals surface area contributed by atoms with Gasteiger partial charge < -0.3 is 25.7 Å². The van der Waals surface area contributed by atoms with Gasteiger partial charge in [-0.05, 0) is 37.5 Å². The van der Waals surface area contributed by atoms with Crippen LogP contribution in [0.25, 0.3) is 0 Å². The second kappa shape index (κ2) is 23.6.